The molecule has 0 unspecified atom stereocenters. The first-order valence-electron chi connectivity index (χ1n) is 8.23. The summed E-state index contributed by atoms with van der Waals surface area (Å²) in [5.74, 6) is -0.112. The molecule has 0 atom stereocenters. The minimum atomic E-state index is -0.112. The normalized spacial score (nSPS) is 10.7. The molecule has 0 aliphatic rings. The van der Waals surface area contributed by atoms with Crippen molar-refractivity contribution in [3.05, 3.63) is 65.0 Å². The van der Waals surface area contributed by atoms with Crippen LogP contribution in [0.4, 0.5) is 5.69 Å². The highest BCUT2D eigenvalue weighted by molar-refractivity contribution is 5.97. The summed E-state index contributed by atoms with van der Waals surface area (Å²) in [6.07, 6.45) is 0. The number of hydrogen-bond acceptors (Lipinski definition) is 4. The fraction of sp³-hybridized carbons (Fsp3) is 0.250. The Bertz CT molecular complexity index is 917. The van der Waals surface area contributed by atoms with E-state index >= 15 is 0 Å². The zero-order valence-electron chi connectivity index (χ0n) is 15.0. The zero-order chi connectivity index (χ0) is 18.0. The van der Waals surface area contributed by atoms with Crippen LogP contribution in [0.3, 0.4) is 0 Å². The van der Waals surface area contributed by atoms with Gasteiger partial charge in [0.15, 0.2) is 0 Å². The zero-order valence-corrected chi connectivity index (χ0v) is 15.0. The van der Waals surface area contributed by atoms with Crippen LogP contribution in [0, 0.1) is 13.8 Å². The molecule has 1 N–H and O–H groups in total. The molecule has 25 heavy (non-hydrogen) atoms. The Balaban J connectivity index is 1.72. The van der Waals surface area contributed by atoms with Crippen LogP contribution in [0.15, 0.2) is 42.5 Å². The van der Waals surface area contributed by atoms with Crippen molar-refractivity contribution in [2.75, 3.05) is 19.0 Å². The molecule has 5 nitrogen and oxygen atoms in total. The predicted molar refractivity (Wildman–Crippen MR) is 101 cm³/mol. The third-order valence-corrected chi connectivity index (χ3v) is 4.24. The average Bonchev–Trinajstić information content (AvgIpc) is 2.60. The van der Waals surface area contributed by atoms with Gasteiger partial charge in [0.25, 0.3) is 5.91 Å². The lowest BCUT2D eigenvalue weighted by molar-refractivity contribution is 0.0951. The van der Waals surface area contributed by atoms with E-state index in [4.69, 9.17) is 0 Å². The van der Waals surface area contributed by atoms with Gasteiger partial charge in [0.2, 0.25) is 0 Å². The van der Waals surface area contributed by atoms with E-state index in [1.807, 2.05) is 63.2 Å². The second-order valence-electron chi connectivity index (χ2n) is 6.34. The van der Waals surface area contributed by atoms with Gasteiger partial charge in [-0.3, -0.25) is 4.79 Å². The van der Waals surface area contributed by atoms with Gasteiger partial charge in [-0.2, -0.15) is 0 Å². The van der Waals surface area contributed by atoms with E-state index in [0.717, 1.165) is 33.7 Å². The number of fused-ring (bicyclic) bond motifs is 1. The van der Waals surface area contributed by atoms with Crippen molar-refractivity contribution >= 4 is 22.6 Å². The molecule has 0 bridgehead atoms. The Morgan fingerprint density at radius 3 is 2.24 bits per heavy atom. The maximum absolute atomic E-state index is 12.4. The van der Waals surface area contributed by atoms with Crippen LogP contribution in [0.1, 0.15) is 27.3 Å². The van der Waals surface area contributed by atoms with Crippen molar-refractivity contribution < 1.29 is 4.79 Å². The molecule has 0 aliphatic heterocycles. The number of carbonyl (C=O) groups excluding carboxylic acids is 1. The van der Waals surface area contributed by atoms with Gasteiger partial charge in [-0.15, -0.1) is 0 Å². The van der Waals surface area contributed by atoms with Crippen molar-refractivity contribution in [3.8, 4) is 0 Å². The molecule has 0 aliphatic carbocycles. The van der Waals surface area contributed by atoms with E-state index in [1.54, 1.807) is 12.1 Å². The molecule has 0 fully saturated rings. The molecule has 2 aromatic carbocycles. The minimum absolute atomic E-state index is 0.112. The largest absolute Gasteiger partial charge is 0.378 e. The third-order valence-electron chi connectivity index (χ3n) is 4.24. The lowest BCUT2D eigenvalue weighted by Crippen LogP contribution is -2.22. The van der Waals surface area contributed by atoms with E-state index in [-0.39, 0.29) is 5.91 Å². The summed E-state index contributed by atoms with van der Waals surface area (Å²) in [6.45, 7) is 4.35. The maximum Gasteiger partial charge on any atom is 0.251 e. The summed E-state index contributed by atoms with van der Waals surface area (Å²) in [6, 6.07) is 13.5. The molecule has 0 saturated heterocycles. The topological polar surface area (TPSA) is 58.1 Å². The molecule has 1 aromatic heterocycles. The highest BCUT2D eigenvalue weighted by Gasteiger charge is 2.09. The Hall–Kier alpha value is -2.95. The fourth-order valence-corrected chi connectivity index (χ4v) is 2.57. The fourth-order valence-electron chi connectivity index (χ4n) is 2.57. The van der Waals surface area contributed by atoms with Crippen LogP contribution in [-0.2, 0) is 6.54 Å². The summed E-state index contributed by atoms with van der Waals surface area (Å²) in [4.78, 5) is 23.5. The predicted octanol–water partition coefficient (Wildman–Crippen LogP) is 3.24. The standard InChI is InChI=1S/C20H22N4O/c1-13-14(2)23-19-11-16(7-10-18(19)22-13)20(25)21-12-15-5-8-17(9-6-15)24(3)4/h5-11H,12H2,1-4H3,(H,21,25). The van der Waals surface area contributed by atoms with E-state index < -0.39 is 0 Å². The number of benzene rings is 2. The number of aromatic nitrogens is 2. The Labute approximate surface area is 147 Å². The van der Waals surface area contributed by atoms with Crippen molar-refractivity contribution in [1.29, 1.82) is 0 Å². The maximum atomic E-state index is 12.4. The van der Waals surface area contributed by atoms with E-state index in [1.165, 1.54) is 0 Å². The molecule has 0 saturated carbocycles. The minimum Gasteiger partial charge on any atom is -0.378 e. The van der Waals surface area contributed by atoms with Crippen LogP contribution in [-0.4, -0.2) is 30.0 Å². The van der Waals surface area contributed by atoms with Crippen LogP contribution in [0.2, 0.25) is 0 Å². The van der Waals surface area contributed by atoms with Gasteiger partial charge >= 0.3 is 0 Å². The summed E-state index contributed by atoms with van der Waals surface area (Å²) in [7, 11) is 4.01. The number of carbonyl (C=O) groups is 1. The summed E-state index contributed by atoms with van der Waals surface area (Å²) < 4.78 is 0. The van der Waals surface area contributed by atoms with Gasteiger partial charge in [-0.25, -0.2) is 9.97 Å². The van der Waals surface area contributed by atoms with Crippen LogP contribution >= 0.6 is 0 Å². The van der Waals surface area contributed by atoms with Gasteiger partial charge in [-0.05, 0) is 49.7 Å². The number of anilines is 1. The Morgan fingerprint density at radius 2 is 1.60 bits per heavy atom. The van der Waals surface area contributed by atoms with Crippen LogP contribution < -0.4 is 10.2 Å². The highest BCUT2D eigenvalue weighted by Crippen LogP contribution is 2.15. The summed E-state index contributed by atoms with van der Waals surface area (Å²) >= 11 is 0. The number of rotatable bonds is 4. The van der Waals surface area contributed by atoms with Gasteiger partial charge in [-0.1, -0.05) is 12.1 Å². The first-order valence-corrected chi connectivity index (χ1v) is 8.23. The highest BCUT2D eigenvalue weighted by atomic mass is 16.1. The molecule has 3 aromatic rings. The summed E-state index contributed by atoms with van der Waals surface area (Å²) in [5.41, 5.74) is 6.12. The number of nitrogens with one attached hydrogen (secondary N) is 1. The Kier molecular flexibility index (Phi) is 4.65. The number of amides is 1. The molecule has 0 spiro atoms. The van der Waals surface area contributed by atoms with Crippen LogP contribution in [0.5, 0.6) is 0 Å². The molecule has 0 radical (unpaired) electrons. The van der Waals surface area contributed by atoms with Crippen LogP contribution in [0.25, 0.3) is 11.0 Å². The van der Waals surface area contributed by atoms with Gasteiger partial charge < -0.3 is 10.2 Å². The first-order chi connectivity index (χ1) is 11.9. The van der Waals surface area contributed by atoms with Gasteiger partial charge in [0.1, 0.15) is 0 Å². The first kappa shape index (κ1) is 16.9. The second kappa shape index (κ2) is 6.89. The molecule has 3 rings (SSSR count). The SMILES string of the molecule is Cc1nc2ccc(C(=O)NCc3ccc(N(C)C)cc3)cc2nc1C. The smallest absolute Gasteiger partial charge is 0.251 e. The quantitative estimate of drug-likeness (QED) is 0.796. The monoisotopic (exact) mass is 334 g/mol. The molecular weight excluding hydrogens is 312 g/mol. The van der Waals surface area contributed by atoms with Crippen molar-refractivity contribution in [2.24, 2.45) is 0 Å². The lowest BCUT2D eigenvalue weighted by Gasteiger charge is -2.13. The van der Waals surface area contributed by atoms with Crippen molar-refractivity contribution in [2.45, 2.75) is 20.4 Å². The number of aryl methyl sites for hydroxylation is 2. The third kappa shape index (κ3) is 3.76. The second-order valence-corrected chi connectivity index (χ2v) is 6.34. The van der Waals surface area contributed by atoms with E-state index in [2.05, 4.69) is 15.3 Å². The van der Waals surface area contributed by atoms with Gasteiger partial charge in [0.05, 0.1) is 22.4 Å². The molecular formula is C20H22N4O. The van der Waals surface area contributed by atoms with E-state index in [0.29, 0.717) is 12.1 Å². The average molecular weight is 334 g/mol. The van der Waals surface area contributed by atoms with E-state index in [9.17, 15) is 4.79 Å². The molecule has 1 heterocycles. The van der Waals surface area contributed by atoms with Crippen molar-refractivity contribution in [3.63, 3.8) is 0 Å². The molecule has 5 heteroatoms. The summed E-state index contributed by atoms with van der Waals surface area (Å²) in [5, 5.41) is 2.95. The van der Waals surface area contributed by atoms with Gasteiger partial charge in [0, 0.05) is 31.9 Å². The number of hydrogen-bond donors (Lipinski definition) is 1. The Morgan fingerprint density at radius 1 is 0.960 bits per heavy atom. The number of nitrogens with zero attached hydrogens (tertiary/aromatic N) is 3. The van der Waals surface area contributed by atoms with Crippen molar-refractivity contribution in [1.82, 2.24) is 15.3 Å². The molecule has 128 valence electrons. The lowest BCUT2D eigenvalue weighted by atomic mass is 10.1. The molecule has 1 amide bonds.